The summed E-state index contributed by atoms with van der Waals surface area (Å²) in [6, 6.07) is 0. The summed E-state index contributed by atoms with van der Waals surface area (Å²) in [5, 5.41) is 0. The zero-order valence-electron chi connectivity index (χ0n) is 16.1. The minimum atomic E-state index is 1.21. The Labute approximate surface area is 135 Å². The van der Waals surface area contributed by atoms with Crippen LogP contribution in [0.5, 0.6) is 0 Å². The highest BCUT2D eigenvalue weighted by Crippen LogP contribution is 2.11. The number of hydrogen-bond donors (Lipinski definition) is 0. The SMILES string of the molecule is CCC[N+](C)(C)CCCCCCCCC[N+](C)(C)CCC. The Morgan fingerprint density at radius 2 is 0.714 bits per heavy atom. The van der Waals surface area contributed by atoms with Gasteiger partial charge in [0.05, 0.1) is 54.4 Å². The molecule has 0 aliphatic heterocycles. The van der Waals surface area contributed by atoms with Gasteiger partial charge in [-0.3, -0.25) is 0 Å². The minimum Gasteiger partial charge on any atom is -0.328 e. The van der Waals surface area contributed by atoms with Gasteiger partial charge in [-0.05, 0) is 38.5 Å². The molecule has 128 valence electrons. The van der Waals surface area contributed by atoms with Crippen molar-refractivity contribution >= 4 is 0 Å². The fourth-order valence-corrected chi connectivity index (χ4v) is 3.40. The normalized spacial score (nSPS) is 12.9. The van der Waals surface area contributed by atoms with Crippen LogP contribution >= 0.6 is 0 Å². The van der Waals surface area contributed by atoms with Crippen LogP contribution in [0.15, 0.2) is 0 Å². The lowest BCUT2D eigenvalue weighted by Gasteiger charge is -2.29. The van der Waals surface area contributed by atoms with Crippen molar-refractivity contribution in [3.05, 3.63) is 0 Å². The highest BCUT2D eigenvalue weighted by molar-refractivity contribution is 4.47. The molecule has 0 aromatic heterocycles. The van der Waals surface area contributed by atoms with E-state index in [1.165, 1.54) is 92.9 Å². The van der Waals surface area contributed by atoms with Crippen LogP contribution in [0.3, 0.4) is 0 Å². The zero-order valence-corrected chi connectivity index (χ0v) is 16.1. The molecule has 0 saturated carbocycles. The maximum atomic E-state index is 2.37. The first kappa shape index (κ1) is 20.9. The van der Waals surface area contributed by atoms with E-state index >= 15 is 0 Å². The van der Waals surface area contributed by atoms with Gasteiger partial charge in [0.25, 0.3) is 0 Å². The first-order valence-corrected chi connectivity index (χ1v) is 9.47. The second kappa shape index (κ2) is 11.5. The minimum absolute atomic E-state index is 1.21. The average molecular weight is 301 g/mol. The Balaban J connectivity index is 3.37. The molecule has 0 rings (SSSR count). The molecule has 0 aromatic rings. The van der Waals surface area contributed by atoms with Crippen LogP contribution in [0.2, 0.25) is 0 Å². The molecule has 0 radical (unpaired) electrons. The standard InChI is InChI=1S/C19H44N2/c1-7-16-20(3,4)18-14-12-10-9-11-13-15-19-21(5,6)17-8-2/h7-19H2,1-6H3/q+2. The second-order valence-corrected chi connectivity index (χ2v) is 8.24. The van der Waals surface area contributed by atoms with Crippen molar-refractivity contribution < 1.29 is 8.97 Å². The van der Waals surface area contributed by atoms with Crippen molar-refractivity contribution in [1.29, 1.82) is 0 Å². The van der Waals surface area contributed by atoms with Crippen LogP contribution in [0.25, 0.3) is 0 Å². The maximum absolute atomic E-state index is 2.37. The molecule has 0 N–H and O–H groups in total. The number of hydrogen-bond acceptors (Lipinski definition) is 0. The van der Waals surface area contributed by atoms with E-state index in [-0.39, 0.29) is 0 Å². The van der Waals surface area contributed by atoms with Crippen LogP contribution in [-0.4, -0.2) is 63.3 Å². The molecule has 0 heterocycles. The van der Waals surface area contributed by atoms with Crippen molar-refractivity contribution in [2.75, 3.05) is 54.4 Å². The van der Waals surface area contributed by atoms with Crippen molar-refractivity contribution in [2.24, 2.45) is 0 Å². The molecule has 0 bridgehead atoms. The van der Waals surface area contributed by atoms with Gasteiger partial charge in [0.15, 0.2) is 0 Å². The molecule has 21 heavy (non-hydrogen) atoms. The third-order valence-corrected chi connectivity index (χ3v) is 4.68. The molecule has 0 aromatic carbocycles. The first-order valence-electron chi connectivity index (χ1n) is 9.47. The highest BCUT2D eigenvalue weighted by Gasteiger charge is 2.13. The van der Waals surface area contributed by atoms with E-state index in [1.807, 2.05) is 0 Å². The van der Waals surface area contributed by atoms with E-state index in [1.54, 1.807) is 0 Å². The zero-order chi connectivity index (χ0) is 16.2. The molecule has 0 aliphatic rings. The van der Waals surface area contributed by atoms with Crippen molar-refractivity contribution in [1.82, 2.24) is 0 Å². The topological polar surface area (TPSA) is 0 Å². The van der Waals surface area contributed by atoms with Crippen LogP contribution in [-0.2, 0) is 0 Å². The molecule has 2 heteroatoms. The van der Waals surface area contributed by atoms with E-state index in [0.717, 1.165) is 0 Å². The largest absolute Gasteiger partial charge is 0.328 e. The summed E-state index contributed by atoms with van der Waals surface area (Å²) in [6.45, 7) is 9.95. The van der Waals surface area contributed by atoms with Gasteiger partial charge in [0.2, 0.25) is 0 Å². The van der Waals surface area contributed by atoms with Gasteiger partial charge < -0.3 is 8.97 Å². The molecule has 0 unspecified atom stereocenters. The maximum Gasteiger partial charge on any atom is 0.0782 e. The molecular weight excluding hydrogens is 256 g/mol. The smallest absolute Gasteiger partial charge is 0.0782 e. The molecular formula is C19H44N2+2. The summed E-state index contributed by atoms with van der Waals surface area (Å²) in [5.41, 5.74) is 0. The summed E-state index contributed by atoms with van der Waals surface area (Å²) in [6.07, 6.45) is 12.6. The number of unbranched alkanes of at least 4 members (excludes halogenated alkanes) is 6. The van der Waals surface area contributed by atoms with Crippen molar-refractivity contribution in [3.8, 4) is 0 Å². The second-order valence-electron chi connectivity index (χ2n) is 8.24. The van der Waals surface area contributed by atoms with Gasteiger partial charge in [-0.1, -0.05) is 33.1 Å². The van der Waals surface area contributed by atoms with E-state index < -0.39 is 0 Å². The Morgan fingerprint density at radius 3 is 1.00 bits per heavy atom. The fourth-order valence-electron chi connectivity index (χ4n) is 3.40. The third-order valence-electron chi connectivity index (χ3n) is 4.68. The van der Waals surface area contributed by atoms with E-state index in [9.17, 15) is 0 Å². The van der Waals surface area contributed by atoms with Gasteiger partial charge in [0.1, 0.15) is 0 Å². The van der Waals surface area contributed by atoms with Crippen molar-refractivity contribution in [3.63, 3.8) is 0 Å². The Morgan fingerprint density at radius 1 is 0.429 bits per heavy atom. The summed E-state index contributed by atoms with van der Waals surface area (Å²) in [7, 11) is 9.50. The average Bonchev–Trinajstić information content (AvgIpc) is 2.36. The van der Waals surface area contributed by atoms with Gasteiger partial charge in [-0.15, -0.1) is 0 Å². The lowest BCUT2D eigenvalue weighted by molar-refractivity contribution is -0.890. The molecule has 0 fully saturated rings. The fraction of sp³-hybridized carbons (Fsp3) is 1.00. The van der Waals surface area contributed by atoms with E-state index in [0.29, 0.717) is 0 Å². The molecule has 0 spiro atoms. The first-order chi connectivity index (χ1) is 9.83. The van der Waals surface area contributed by atoms with Gasteiger partial charge in [-0.25, -0.2) is 0 Å². The van der Waals surface area contributed by atoms with Crippen LogP contribution in [0, 0.1) is 0 Å². The molecule has 0 atom stereocenters. The summed E-state index contributed by atoms with van der Waals surface area (Å²) in [4.78, 5) is 0. The van der Waals surface area contributed by atoms with E-state index in [4.69, 9.17) is 0 Å². The Kier molecular flexibility index (Phi) is 11.4. The molecule has 0 amide bonds. The predicted molar refractivity (Wildman–Crippen MR) is 96.6 cm³/mol. The number of quaternary nitrogens is 2. The summed E-state index contributed by atoms with van der Waals surface area (Å²) >= 11 is 0. The van der Waals surface area contributed by atoms with Gasteiger partial charge in [0, 0.05) is 0 Å². The quantitative estimate of drug-likeness (QED) is 0.322. The summed E-state index contributed by atoms with van der Waals surface area (Å²) in [5.74, 6) is 0. The van der Waals surface area contributed by atoms with Gasteiger partial charge >= 0.3 is 0 Å². The van der Waals surface area contributed by atoms with Gasteiger partial charge in [-0.2, -0.15) is 0 Å². The number of rotatable bonds is 14. The van der Waals surface area contributed by atoms with Crippen LogP contribution < -0.4 is 0 Å². The van der Waals surface area contributed by atoms with Crippen LogP contribution in [0.4, 0.5) is 0 Å². The van der Waals surface area contributed by atoms with E-state index in [2.05, 4.69) is 42.0 Å². The third kappa shape index (κ3) is 13.3. The predicted octanol–water partition coefficient (Wildman–Crippen LogP) is 4.69. The Bertz CT molecular complexity index is 210. The molecule has 0 saturated heterocycles. The molecule has 2 nitrogen and oxygen atoms in total. The lowest BCUT2D eigenvalue weighted by Crippen LogP contribution is -2.40. The lowest BCUT2D eigenvalue weighted by atomic mass is 10.1. The van der Waals surface area contributed by atoms with Crippen LogP contribution in [0.1, 0.15) is 71.6 Å². The Hall–Kier alpha value is -0.0800. The molecule has 0 aliphatic carbocycles. The van der Waals surface area contributed by atoms with Crippen molar-refractivity contribution in [2.45, 2.75) is 71.6 Å². The monoisotopic (exact) mass is 300 g/mol. The highest BCUT2D eigenvalue weighted by atomic mass is 15.3. The number of nitrogens with zero attached hydrogens (tertiary/aromatic N) is 2. The summed E-state index contributed by atoms with van der Waals surface area (Å²) < 4.78 is 2.42.